The molecule has 2 saturated heterocycles. The van der Waals surface area contributed by atoms with Crippen LogP contribution in [0.4, 0.5) is 5.69 Å². The second kappa shape index (κ2) is 9.01. The Kier molecular flexibility index (Phi) is 5.99. The van der Waals surface area contributed by atoms with Gasteiger partial charge in [-0.1, -0.05) is 41.6 Å². The number of carbonyl (C=O) groups is 2. The Balaban J connectivity index is 1.59. The maximum absolute atomic E-state index is 14.8. The molecule has 3 atom stereocenters. The van der Waals surface area contributed by atoms with Gasteiger partial charge in [0.1, 0.15) is 14.8 Å². The fraction of sp³-hybridized carbons (Fsp3) is 0.296. The van der Waals surface area contributed by atoms with E-state index in [4.69, 9.17) is 37.7 Å². The topological polar surface area (TPSA) is 84.3 Å². The molecule has 38 heavy (non-hydrogen) atoms. The summed E-state index contributed by atoms with van der Waals surface area (Å²) in [5.74, 6) is 0.733. The van der Waals surface area contributed by atoms with E-state index in [1.54, 1.807) is 55.7 Å². The number of hydrogen-bond acceptors (Lipinski definition) is 8. The molecule has 1 aromatic heterocycles. The van der Waals surface area contributed by atoms with Crippen molar-refractivity contribution >= 4 is 57.4 Å². The highest BCUT2D eigenvalue weighted by atomic mass is 35.5. The molecule has 4 heterocycles. The molecule has 2 spiro atoms. The number of fused-ring (bicyclic) bond motifs is 3. The lowest BCUT2D eigenvalue weighted by Gasteiger charge is -2.41. The van der Waals surface area contributed by atoms with E-state index in [0.29, 0.717) is 44.4 Å². The van der Waals surface area contributed by atoms with Gasteiger partial charge in [-0.25, -0.2) is 0 Å². The van der Waals surface area contributed by atoms with Crippen molar-refractivity contribution in [3.05, 3.63) is 76.7 Å². The van der Waals surface area contributed by atoms with E-state index < -0.39 is 16.2 Å². The largest absolute Gasteiger partial charge is 0.493 e. The van der Waals surface area contributed by atoms with Gasteiger partial charge in [-0.15, -0.1) is 0 Å². The van der Waals surface area contributed by atoms with E-state index in [9.17, 15) is 9.59 Å². The summed E-state index contributed by atoms with van der Waals surface area (Å²) in [5, 5.41) is 3.49. The minimum Gasteiger partial charge on any atom is -0.493 e. The summed E-state index contributed by atoms with van der Waals surface area (Å²) in [6.45, 7) is 0.576. The lowest BCUT2D eigenvalue weighted by molar-refractivity contribution is -0.138. The number of ether oxygens (including phenoxy) is 2. The summed E-state index contributed by atoms with van der Waals surface area (Å²) >= 11 is 13.5. The lowest BCUT2D eigenvalue weighted by Crippen LogP contribution is -2.61. The molecule has 3 aromatic rings. The van der Waals surface area contributed by atoms with Crippen LogP contribution in [0.5, 0.6) is 11.5 Å². The molecule has 8 nitrogen and oxygen atoms in total. The number of thioether (sulfide) groups is 1. The van der Waals surface area contributed by atoms with Gasteiger partial charge in [-0.2, -0.15) is 0 Å². The van der Waals surface area contributed by atoms with E-state index in [1.165, 1.54) is 11.8 Å². The third kappa shape index (κ3) is 3.24. The lowest BCUT2D eigenvalue weighted by atomic mass is 9.72. The number of likely N-dealkylation sites (N-methyl/N-ethyl adjacent to an activating group) is 1. The highest BCUT2D eigenvalue weighted by Gasteiger charge is 2.77. The van der Waals surface area contributed by atoms with Crippen molar-refractivity contribution in [2.45, 2.75) is 22.7 Å². The van der Waals surface area contributed by atoms with Crippen molar-refractivity contribution in [2.75, 3.05) is 33.1 Å². The van der Waals surface area contributed by atoms with Crippen molar-refractivity contribution in [1.82, 2.24) is 9.80 Å². The van der Waals surface area contributed by atoms with E-state index in [-0.39, 0.29) is 18.4 Å². The number of rotatable bonds is 5. The third-order valence-corrected chi connectivity index (χ3v) is 9.92. The molecule has 1 N–H and O–H groups in total. The number of thiocarbonyl (C=S) groups is 1. The molecule has 3 aliphatic rings. The molecule has 0 unspecified atom stereocenters. The van der Waals surface area contributed by atoms with E-state index in [1.807, 2.05) is 30.1 Å². The minimum atomic E-state index is -1.37. The molecule has 11 heteroatoms. The molecule has 3 aliphatic heterocycles. The molecule has 0 bridgehead atoms. The van der Waals surface area contributed by atoms with Gasteiger partial charge in [-0.3, -0.25) is 19.4 Å². The molecule has 196 valence electrons. The van der Waals surface area contributed by atoms with Crippen LogP contribution in [-0.4, -0.2) is 58.5 Å². The molecular formula is C27H24ClN3O5S2. The fourth-order valence-electron chi connectivity index (χ4n) is 6.16. The first-order chi connectivity index (χ1) is 18.3. The van der Waals surface area contributed by atoms with Crippen molar-refractivity contribution < 1.29 is 23.5 Å². The maximum Gasteiger partial charge on any atom is 0.251 e. The summed E-state index contributed by atoms with van der Waals surface area (Å²) in [7, 11) is 5.00. The summed E-state index contributed by atoms with van der Waals surface area (Å²) in [6.07, 6.45) is 1.56. The number of methoxy groups -OCH3 is 2. The number of anilines is 1. The summed E-state index contributed by atoms with van der Waals surface area (Å²) < 4.78 is 15.6. The molecule has 6 rings (SSSR count). The maximum atomic E-state index is 14.8. The van der Waals surface area contributed by atoms with Gasteiger partial charge in [0.15, 0.2) is 17.0 Å². The smallest absolute Gasteiger partial charge is 0.251 e. The fourth-order valence-corrected chi connectivity index (χ4v) is 8.46. The van der Waals surface area contributed by atoms with Crippen LogP contribution in [0, 0.1) is 0 Å². The van der Waals surface area contributed by atoms with Gasteiger partial charge in [0.25, 0.3) is 5.91 Å². The molecule has 0 aliphatic carbocycles. The number of carbonyl (C=O) groups excluding carboxylic acids is 2. The zero-order valence-corrected chi connectivity index (χ0v) is 23.2. The van der Waals surface area contributed by atoms with E-state index >= 15 is 0 Å². The minimum absolute atomic E-state index is 0.169. The van der Waals surface area contributed by atoms with Crippen LogP contribution in [0.1, 0.15) is 22.8 Å². The number of furan rings is 1. The van der Waals surface area contributed by atoms with Crippen LogP contribution < -0.4 is 14.8 Å². The zero-order chi connectivity index (χ0) is 26.8. The number of nitrogens with zero attached hydrogens (tertiary/aromatic N) is 2. The predicted octanol–water partition coefficient (Wildman–Crippen LogP) is 4.63. The zero-order valence-electron chi connectivity index (χ0n) is 20.8. The highest BCUT2D eigenvalue weighted by Crippen LogP contribution is 2.66. The first-order valence-corrected chi connectivity index (χ1v) is 13.5. The third-order valence-electron chi connectivity index (χ3n) is 7.74. The van der Waals surface area contributed by atoms with Gasteiger partial charge in [0.05, 0.1) is 27.0 Å². The van der Waals surface area contributed by atoms with Crippen LogP contribution in [0.3, 0.4) is 0 Å². The van der Waals surface area contributed by atoms with Gasteiger partial charge in [-0.05, 0) is 55.1 Å². The average Bonchev–Trinajstić information content (AvgIpc) is 3.64. The van der Waals surface area contributed by atoms with Crippen LogP contribution in [0.25, 0.3) is 0 Å². The quantitative estimate of drug-likeness (QED) is 0.446. The molecule has 2 fully saturated rings. The summed E-state index contributed by atoms with van der Waals surface area (Å²) in [6, 6.07) is 14.4. The Morgan fingerprint density at radius 2 is 1.95 bits per heavy atom. The number of benzene rings is 2. The number of likely N-dealkylation sites (tertiary alicyclic amines) is 1. The normalized spacial score (nSPS) is 26.5. The van der Waals surface area contributed by atoms with E-state index in [0.717, 1.165) is 5.56 Å². The predicted molar refractivity (Wildman–Crippen MR) is 149 cm³/mol. The number of hydrogen-bond donors (Lipinski definition) is 1. The van der Waals surface area contributed by atoms with Crippen LogP contribution in [0.2, 0.25) is 5.02 Å². The van der Waals surface area contributed by atoms with Crippen molar-refractivity contribution in [1.29, 1.82) is 0 Å². The molecule has 2 aromatic carbocycles. The number of amides is 2. The van der Waals surface area contributed by atoms with Crippen LogP contribution in [-0.2, 0) is 21.7 Å². The number of halogens is 1. The highest BCUT2D eigenvalue weighted by molar-refractivity contribution is 8.25. The van der Waals surface area contributed by atoms with Crippen molar-refractivity contribution in [3.8, 4) is 11.5 Å². The molecule has 0 radical (unpaired) electrons. The Morgan fingerprint density at radius 3 is 2.66 bits per heavy atom. The van der Waals surface area contributed by atoms with Crippen LogP contribution >= 0.6 is 35.6 Å². The summed E-state index contributed by atoms with van der Waals surface area (Å²) in [5.41, 5.74) is 0.749. The second-order valence-electron chi connectivity index (χ2n) is 9.48. The Morgan fingerprint density at radius 1 is 1.16 bits per heavy atom. The van der Waals surface area contributed by atoms with Gasteiger partial charge < -0.3 is 19.2 Å². The van der Waals surface area contributed by atoms with Gasteiger partial charge >= 0.3 is 0 Å². The Labute approximate surface area is 234 Å². The molecular weight excluding hydrogens is 546 g/mol. The number of nitrogens with one attached hydrogen (secondary N) is 1. The molecule has 0 saturated carbocycles. The summed E-state index contributed by atoms with van der Waals surface area (Å²) in [4.78, 5) is 32.4. The SMILES string of the molecule is COc1ccc([C@H]2CN(C)[C@@]3(C(=O)Nc4ccc(Cl)cc43)[C@]23SC(=S)N(Cc2ccco2)C3=O)cc1OC. The van der Waals surface area contributed by atoms with E-state index in [2.05, 4.69) is 5.32 Å². The van der Waals surface area contributed by atoms with Gasteiger partial charge in [0.2, 0.25) is 5.91 Å². The Bertz CT molecular complexity index is 1480. The van der Waals surface area contributed by atoms with Crippen LogP contribution in [0.15, 0.2) is 59.2 Å². The Hall–Kier alpha value is -3.05. The first kappa shape index (κ1) is 25.2. The monoisotopic (exact) mass is 569 g/mol. The second-order valence-corrected chi connectivity index (χ2v) is 11.8. The average molecular weight is 570 g/mol. The van der Waals surface area contributed by atoms with Gasteiger partial charge in [0, 0.05) is 28.7 Å². The van der Waals surface area contributed by atoms with Crippen molar-refractivity contribution in [3.63, 3.8) is 0 Å². The standard InChI is InChI=1S/C27H24ClN3O5S2/c1-30-14-19(15-6-9-21(34-2)22(11-15)35-3)27(24(33)31(25(37)38-27)13-17-5-4-10-36-17)26(30)18-12-16(28)7-8-20(18)29-23(26)32/h4-12,19H,13-14H2,1-3H3,(H,29,32)/t19-,26+,27+/m1/s1. The first-order valence-electron chi connectivity index (χ1n) is 11.9. The van der Waals surface area contributed by atoms with Crippen molar-refractivity contribution in [2.24, 2.45) is 0 Å². The molecule has 2 amide bonds.